The van der Waals surface area contributed by atoms with E-state index in [0.717, 1.165) is 4.88 Å². The quantitative estimate of drug-likeness (QED) is 0.740. The highest BCUT2D eigenvalue weighted by Crippen LogP contribution is 2.18. The summed E-state index contributed by atoms with van der Waals surface area (Å²) >= 11 is 6.63. The Morgan fingerprint density at radius 2 is 2.54 bits per heavy atom. The normalized spacial score (nSPS) is 10.0. The molecule has 0 radical (unpaired) electrons. The van der Waals surface area contributed by atoms with Crippen molar-refractivity contribution in [3.8, 4) is 0 Å². The van der Waals surface area contributed by atoms with Crippen LogP contribution in [0.3, 0.4) is 0 Å². The lowest BCUT2D eigenvalue weighted by Gasteiger charge is -1.94. The molecule has 0 aromatic carbocycles. The van der Waals surface area contributed by atoms with Gasteiger partial charge in [-0.05, 0) is 0 Å². The smallest absolute Gasteiger partial charge is 0.241 e. The molecule has 0 unspecified atom stereocenters. The zero-order chi connectivity index (χ0) is 9.68. The van der Waals surface area contributed by atoms with E-state index in [9.17, 15) is 4.79 Å². The first-order valence-electron chi connectivity index (χ1n) is 3.67. The predicted octanol–water partition coefficient (Wildman–Crippen LogP) is 0.855. The molecule has 6 heteroatoms. The molecule has 1 aromatic rings. The molecule has 1 amide bonds. The van der Waals surface area contributed by atoms with Gasteiger partial charge < -0.3 is 10.4 Å². The predicted molar refractivity (Wildman–Crippen MR) is 52.3 cm³/mol. The molecule has 1 rings (SSSR count). The first-order valence-corrected chi connectivity index (χ1v) is 5.02. The molecule has 0 atom stereocenters. The molecule has 0 saturated heterocycles. The SMILES string of the molecule is O=C(CCl)Nc1ncc(CCO)s1. The first kappa shape index (κ1) is 10.4. The van der Waals surface area contributed by atoms with Crippen LogP contribution in [0, 0.1) is 0 Å². The number of alkyl halides is 1. The van der Waals surface area contributed by atoms with Crippen LogP contribution in [-0.2, 0) is 11.2 Å². The molecular weight excluding hydrogens is 212 g/mol. The van der Waals surface area contributed by atoms with Gasteiger partial charge in [-0.2, -0.15) is 0 Å². The van der Waals surface area contributed by atoms with E-state index in [0.29, 0.717) is 11.6 Å². The number of carbonyl (C=O) groups is 1. The molecular formula is C7H9ClN2O2S. The number of aliphatic hydroxyl groups is 1. The standard InChI is InChI=1S/C7H9ClN2O2S/c8-3-6(12)10-7-9-4-5(13-7)1-2-11/h4,11H,1-3H2,(H,9,10,12). The van der Waals surface area contributed by atoms with Gasteiger partial charge in [0.05, 0.1) is 0 Å². The Balaban J connectivity index is 2.53. The van der Waals surface area contributed by atoms with Crippen molar-refractivity contribution < 1.29 is 9.90 Å². The maximum Gasteiger partial charge on any atom is 0.241 e. The van der Waals surface area contributed by atoms with Crippen molar-refractivity contribution in [2.45, 2.75) is 6.42 Å². The van der Waals surface area contributed by atoms with Gasteiger partial charge in [0.2, 0.25) is 5.91 Å². The summed E-state index contributed by atoms with van der Waals surface area (Å²) in [5.74, 6) is -0.346. The van der Waals surface area contributed by atoms with Crippen molar-refractivity contribution in [2.24, 2.45) is 0 Å². The van der Waals surface area contributed by atoms with Gasteiger partial charge in [-0.1, -0.05) is 0 Å². The lowest BCUT2D eigenvalue weighted by atomic mass is 10.4. The number of amides is 1. The second-order valence-corrected chi connectivity index (χ2v) is 3.67. The van der Waals surface area contributed by atoms with Crippen molar-refractivity contribution in [2.75, 3.05) is 17.8 Å². The van der Waals surface area contributed by atoms with Gasteiger partial charge in [0.1, 0.15) is 5.88 Å². The molecule has 1 heterocycles. The third kappa shape index (κ3) is 3.30. The van der Waals surface area contributed by atoms with Crippen LogP contribution < -0.4 is 5.32 Å². The van der Waals surface area contributed by atoms with Gasteiger partial charge >= 0.3 is 0 Å². The molecule has 4 nitrogen and oxygen atoms in total. The van der Waals surface area contributed by atoms with E-state index in [1.165, 1.54) is 11.3 Å². The van der Waals surface area contributed by atoms with E-state index in [-0.39, 0.29) is 18.4 Å². The third-order valence-electron chi connectivity index (χ3n) is 1.28. The van der Waals surface area contributed by atoms with Crippen LogP contribution in [0.1, 0.15) is 4.88 Å². The second-order valence-electron chi connectivity index (χ2n) is 2.29. The van der Waals surface area contributed by atoms with Crippen LogP contribution in [0.5, 0.6) is 0 Å². The van der Waals surface area contributed by atoms with Crippen LogP contribution in [0.25, 0.3) is 0 Å². The molecule has 0 bridgehead atoms. The van der Waals surface area contributed by atoms with Crippen molar-refractivity contribution >= 4 is 34.0 Å². The molecule has 0 saturated carbocycles. The molecule has 2 N–H and O–H groups in total. The summed E-state index contributed by atoms with van der Waals surface area (Å²) in [5.41, 5.74) is 0. The van der Waals surface area contributed by atoms with Crippen LogP contribution in [-0.4, -0.2) is 28.5 Å². The van der Waals surface area contributed by atoms with Crippen LogP contribution in [0.4, 0.5) is 5.13 Å². The monoisotopic (exact) mass is 220 g/mol. The van der Waals surface area contributed by atoms with E-state index < -0.39 is 0 Å². The van der Waals surface area contributed by atoms with Gasteiger partial charge in [0.25, 0.3) is 0 Å². The topological polar surface area (TPSA) is 62.2 Å². The molecule has 1 aromatic heterocycles. The molecule has 13 heavy (non-hydrogen) atoms. The van der Waals surface area contributed by atoms with Crippen LogP contribution >= 0.6 is 22.9 Å². The van der Waals surface area contributed by atoms with Gasteiger partial charge in [-0.15, -0.1) is 22.9 Å². The summed E-state index contributed by atoms with van der Waals surface area (Å²) < 4.78 is 0. The Hall–Kier alpha value is -0.650. The largest absolute Gasteiger partial charge is 0.396 e. The summed E-state index contributed by atoms with van der Waals surface area (Å²) in [5, 5.41) is 11.7. The Labute approximate surface area is 84.6 Å². The highest BCUT2D eigenvalue weighted by atomic mass is 35.5. The third-order valence-corrected chi connectivity index (χ3v) is 2.49. The van der Waals surface area contributed by atoms with E-state index in [2.05, 4.69) is 10.3 Å². The zero-order valence-electron chi connectivity index (χ0n) is 6.79. The lowest BCUT2D eigenvalue weighted by Crippen LogP contribution is -2.11. The highest BCUT2D eigenvalue weighted by Gasteiger charge is 2.04. The molecule has 0 aliphatic carbocycles. The number of nitrogens with one attached hydrogen (secondary N) is 1. The Morgan fingerprint density at radius 3 is 3.15 bits per heavy atom. The van der Waals surface area contributed by atoms with Gasteiger partial charge in [0, 0.05) is 24.1 Å². The highest BCUT2D eigenvalue weighted by molar-refractivity contribution is 7.15. The number of nitrogens with zero attached hydrogens (tertiary/aromatic N) is 1. The summed E-state index contributed by atoms with van der Waals surface area (Å²) in [6.45, 7) is 0.0884. The fraction of sp³-hybridized carbons (Fsp3) is 0.429. The minimum Gasteiger partial charge on any atom is -0.396 e. The Bertz CT molecular complexity index is 290. The van der Waals surface area contributed by atoms with E-state index in [1.807, 2.05) is 0 Å². The van der Waals surface area contributed by atoms with Gasteiger partial charge in [0.15, 0.2) is 5.13 Å². The summed E-state index contributed by atoms with van der Waals surface area (Å²) in [7, 11) is 0. The molecule has 72 valence electrons. The van der Waals surface area contributed by atoms with Crippen LogP contribution in [0.15, 0.2) is 6.20 Å². The Kier molecular flexibility index (Phi) is 4.14. The number of hydrogen-bond acceptors (Lipinski definition) is 4. The number of thiazole rings is 1. The minimum absolute atomic E-state index is 0.0745. The van der Waals surface area contributed by atoms with Gasteiger partial charge in [-0.3, -0.25) is 4.79 Å². The first-order chi connectivity index (χ1) is 6.26. The number of hydrogen-bond donors (Lipinski definition) is 2. The fourth-order valence-corrected chi connectivity index (χ4v) is 1.63. The van der Waals surface area contributed by atoms with E-state index in [4.69, 9.17) is 16.7 Å². The fourth-order valence-electron chi connectivity index (χ4n) is 0.744. The second kappa shape index (κ2) is 5.16. The number of aromatic nitrogens is 1. The van der Waals surface area contributed by atoms with Gasteiger partial charge in [-0.25, -0.2) is 4.98 Å². The summed E-state index contributed by atoms with van der Waals surface area (Å²) in [6.07, 6.45) is 2.19. The summed E-state index contributed by atoms with van der Waals surface area (Å²) in [6, 6.07) is 0. The maximum atomic E-state index is 10.8. The van der Waals surface area contributed by atoms with E-state index in [1.54, 1.807) is 6.20 Å². The number of carbonyl (C=O) groups excluding carboxylic acids is 1. The number of halogens is 1. The minimum atomic E-state index is -0.272. The average molecular weight is 221 g/mol. The van der Waals surface area contributed by atoms with Crippen molar-refractivity contribution in [3.63, 3.8) is 0 Å². The van der Waals surface area contributed by atoms with Crippen molar-refractivity contribution in [3.05, 3.63) is 11.1 Å². The van der Waals surface area contributed by atoms with Crippen LogP contribution in [0.2, 0.25) is 0 Å². The maximum absolute atomic E-state index is 10.8. The van der Waals surface area contributed by atoms with Crippen molar-refractivity contribution in [1.29, 1.82) is 0 Å². The average Bonchev–Trinajstić information content (AvgIpc) is 2.53. The molecule has 0 aliphatic heterocycles. The lowest BCUT2D eigenvalue weighted by molar-refractivity contribution is -0.113. The number of rotatable bonds is 4. The zero-order valence-corrected chi connectivity index (χ0v) is 8.36. The Morgan fingerprint density at radius 1 is 1.77 bits per heavy atom. The molecule has 0 fully saturated rings. The molecule has 0 spiro atoms. The number of anilines is 1. The number of aliphatic hydroxyl groups excluding tert-OH is 1. The van der Waals surface area contributed by atoms with E-state index >= 15 is 0 Å². The van der Waals surface area contributed by atoms with Crippen molar-refractivity contribution in [1.82, 2.24) is 4.98 Å². The molecule has 0 aliphatic rings. The summed E-state index contributed by atoms with van der Waals surface area (Å²) in [4.78, 5) is 15.7.